The van der Waals surface area contributed by atoms with Crippen molar-refractivity contribution < 1.29 is 19.1 Å². The van der Waals surface area contributed by atoms with E-state index >= 15 is 0 Å². The number of aromatic nitrogens is 1. The maximum atomic E-state index is 13.2. The molecule has 2 amide bonds. The third-order valence-corrected chi connectivity index (χ3v) is 6.03. The first-order valence-electron chi connectivity index (χ1n) is 11.2. The van der Waals surface area contributed by atoms with Gasteiger partial charge in [0.05, 0.1) is 11.7 Å². The number of hydrogen-bond donors (Lipinski definition) is 1. The molecular formula is C25H34N4O4. The topological polar surface area (TPSA) is 84.0 Å². The molecule has 0 unspecified atom stereocenters. The Hall–Kier alpha value is -2.97. The predicted octanol–water partition coefficient (Wildman–Crippen LogP) is 3.05. The molecule has 1 aromatic carbocycles. The van der Waals surface area contributed by atoms with E-state index in [0.29, 0.717) is 30.2 Å². The summed E-state index contributed by atoms with van der Waals surface area (Å²) in [5.41, 5.74) is 2.22. The van der Waals surface area contributed by atoms with Gasteiger partial charge in [-0.3, -0.25) is 19.5 Å². The van der Waals surface area contributed by atoms with E-state index < -0.39 is 0 Å². The lowest BCUT2D eigenvalue weighted by atomic mass is 10.0. The van der Waals surface area contributed by atoms with E-state index in [-0.39, 0.29) is 29.9 Å². The Balaban J connectivity index is 1.94. The van der Waals surface area contributed by atoms with Gasteiger partial charge in [0.15, 0.2) is 0 Å². The van der Waals surface area contributed by atoms with Crippen molar-refractivity contribution in [3.63, 3.8) is 0 Å². The number of likely N-dealkylation sites (N-methyl/N-ethyl adjacent to an activating group) is 1. The number of methoxy groups -OCH3 is 1. The lowest BCUT2D eigenvalue weighted by Crippen LogP contribution is -2.46. The molecule has 33 heavy (non-hydrogen) atoms. The number of pyridine rings is 1. The van der Waals surface area contributed by atoms with Crippen molar-refractivity contribution >= 4 is 17.5 Å². The zero-order chi connectivity index (χ0) is 24.0. The molecule has 0 saturated carbocycles. The van der Waals surface area contributed by atoms with Crippen LogP contribution < -0.4 is 10.1 Å². The molecule has 0 radical (unpaired) electrons. The highest BCUT2D eigenvalue weighted by Crippen LogP contribution is 2.27. The molecule has 0 bridgehead atoms. The molecule has 3 atom stereocenters. The minimum Gasteiger partial charge on any atom is -0.491 e. The smallest absolute Gasteiger partial charge is 0.257 e. The van der Waals surface area contributed by atoms with Crippen LogP contribution in [0.2, 0.25) is 0 Å². The SMILES string of the molecule is CO[C@@H]1CN(C)C(=O)c2ccc(NC(C)=O)cc2OC[C@H](C)N(Cc2ccncc2)C[C@H]1C. The molecule has 2 heterocycles. The average molecular weight is 455 g/mol. The fourth-order valence-corrected chi connectivity index (χ4v) is 4.07. The minimum atomic E-state index is -0.180. The Labute approximate surface area is 195 Å². The number of nitrogens with zero attached hydrogens (tertiary/aromatic N) is 3. The van der Waals surface area contributed by atoms with Gasteiger partial charge in [0.1, 0.15) is 12.4 Å². The molecule has 1 aliphatic rings. The van der Waals surface area contributed by atoms with Gasteiger partial charge >= 0.3 is 0 Å². The molecule has 8 nitrogen and oxygen atoms in total. The molecule has 0 aliphatic carbocycles. The average Bonchev–Trinajstić information content (AvgIpc) is 2.79. The number of carbonyl (C=O) groups is 2. The van der Waals surface area contributed by atoms with Gasteiger partial charge in [0.2, 0.25) is 5.91 Å². The Kier molecular flexibility index (Phi) is 8.41. The summed E-state index contributed by atoms with van der Waals surface area (Å²) in [5.74, 6) is 0.322. The second kappa shape index (κ2) is 11.2. The van der Waals surface area contributed by atoms with Crippen LogP contribution in [0.4, 0.5) is 5.69 Å². The van der Waals surface area contributed by atoms with Gasteiger partial charge < -0.3 is 19.7 Å². The number of benzene rings is 1. The van der Waals surface area contributed by atoms with Gasteiger partial charge in [0, 0.05) is 70.9 Å². The van der Waals surface area contributed by atoms with Crippen LogP contribution in [0.5, 0.6) is 5.75 Å². The normalized spacial score (nSPS) is 22.5. The van der Waals surface area contributed by atoms with Crippen LogP contribution in [0.15, 0.2) is 42.7 Å². The van der Waals surface area contributed by atoms with Crippen LogP contribution in [-0.4, -0.2) is 72.6 Å². The molecule has 1 aliphatic heterocycles. The summed E-state index contributed by atoms with van der Waals surface area (Å²) < 4.78 is 12.0. The summed E-state index contributed by atoms with van der Waals surface area (Å²) in [5, 5.41) is 2.76. The van der Waals surface area contributed by atoms with Crippen molar-refractivity contribution in [2.75, 3.05) is 39.2 Å². The molecule has 1 N–H and O–H groups in total. The molecule has 3 rings (SSSR count). The summed E-state index contributed by atoms with van der Waals surface area (Å²) in [6, 6.07) is 9.24. The van der Waals surface area contributed by atoms with E-state index in [1.165, 1.54) is 12.5 Å². The van der Waals surface area contributed by atoms with Crippen LogP contribution in [-0.2, 0) is 16.1 Å². The van der Waals surface area contributed by atoms with Crippen molar-refractivity contribution in [1.29, 1.82) is 0 Å². The van der Waals surface area contributed by atoms with Crippen LogP contribution in [0.3, 0.4) is 0 Å². The number of hydrogen-bond acceptors (Lipinski definition) is 6. The molecule has 0 fully saturated rings. The number of fused-ring (bicyclic) bond motifs is 1. The third kappa shape index (κ3) is 6.52. The molecule has 0 saturated heterocycles. The van der Waals surface area contributed by atoms with Crippen molar-refractivity contribution in [3.8, 4) is 5.75 Å². The summed E-state index contributed by atoms with van der Waals surface area (Å²) in [7, 11) is 3.47. The highest BCUT2D eigenvalue weighted by molar-refractivity contribution is 5.98. The first kappa shape index (κ1) is 24.7. The fraction of sp³-hybridized carbons (Fsp3) is 0.480. The second-order valence-corrected chi connectivity index (χ2v) is 8.77. The first-order valence-corrected chi connectivity index (χ1v) is 11.2. The fourth-order valence-electron chi connectivity index (χ4n) is 4.07. The molecular weight excluding hydrogens is 420 g/mol. The molecule has 178 valence electrons. The van der Waals surface area contributed by atoms with E-state index in [4.69, 9.17) is 9.47 Å². The van der Waals surface area contributed by atoms with Gasteiger partial charge in [-0.2, -0.15) is 0 Å². The Morgan fingerprint density at radius 2 is 1.94 bits per heavy atom. The standard InChI is InChI=1S/C25H34N4O4/c1-17-13-29(14-20-8-10-26-11-9-20)18(2)16-33-23-12-21(27-19(3)30)6-7-22(23)25(31)28(4)15-24(17)32-5/h6-12,17-18,24H,13-16H2,1-5H3,(H,27,30)/t17-,18+,24-/m1/s1. The van der Waals surface area contributed by atoms with E-state index in [2.05, 4.69) is 29.0 Å². The molecule has 0 spiro atoms. The van der Waals surface area contributed by atoms with Gasteiger partial charge in [-0.05, 0) is 42.7 Å². The van der Waals surface area contributed by atoms with Gasteiger partial charge in [0.25, 0.3) is 5.91 Å². The summed E-state index contributed by atoms with van der Waals surface area (Å²) in [4.78, 5) is 32.9. The van der Waals surface area contributed by atoms with Gasteiger partial charge in [-0.1, -0.05) is 6.92 Å². The lowest BCUT2D eigenvalue weighted by Gasteiger charge is -2.36. The maximum absolute atomic E-state index is 13.2. The highest BCUT2D eigenvalue weighted by Gasteiger charge is 2.28. The van der Waals surface area contributed by atoms with Crippen LogP contribution >= 0.6 is 0 Å². The van der Waals surface area contributed by atoms with Crippen LogP contribution in [0.25, 0.3) is 0 Å². The van der Waals surface area contributed by atoms with Crippen molar-refractivity contribution in [2.24, 2.45) is 5.92 Å². The maximum Gasteiger partial charge on any atom is 0.257 e. The Morgan fingerprint density at radius 1 is 1.21 bits per heavy atom. The number of ether oxygens (including phenoxy) is 2. The number of anilines is 1. The van der Waals surface area contributed by atoms with E-state index in [0.717, 1.165) is 13.1 Å². The highest BCUT2D eigenvalue weighted by atomic mass is 16.5. The zero-order valence-electron chi connectivity index (χ0n) is 20.1. The minimum absolute atomic E-state index is 0.0719. The number of rotatable bonds is 4. The number of nitrogens with one attached hydrogen (secondary N) is 1. The van der Waals surface area contributed by atoms with E-state index in [9.17, 15) is 9.59 Å². The zero-order valence-corrected chi connectivity index (χ0v) is 20.1. The van der Waals surface area contributed by atoms with Gasteiger partial charge in [-0.25, -0.2) is 0 Å². The van der Waals surface area contributed by atoms with E-state index in [1.54, 1.807) is 49.7 Å². The predicted molar refractivity (Wildman–Crippen MR) is 127 cm³/mol. The monoisotopic (exact) mass is 454 g/mol. The quantitative estimate of drug-likeness (QED) is 0.765. The lowest BCUT2D eigenvalue weighted by molar-refractivity contribution is -0.114. The summed E-state index contributed by atoms with van der Waals surface area (Å²) in [6.07, 6.45) is 3.48. The second-order valence-electron chi connectivity index (χ2n) is 8.77. The molecule has 8 heteroatoms. The Bertz CT molecular complexity index is 953. The van der Waals surface area contributed by atoms with Gasteiger partial charge in [-0.15, -0.1) is 0 Å². The number of amides is 2. The Morgan fingerprint density at radius 3 is 2.61 bits per heavy atom. The molecule has 1 aromatic heterocycles. The summed E-state index contributed by atoms with van der Waals surface area (Å²) >= 11 is 0. The van der Waals surface area contributed by atoms with Crippen molar-refractivity contribution in [2.45, 2.75) is 39.5 Å². The third-order valence-electron chi connectivity index (χ3n) is 6.03. The van der Waals surface area contributed by atoms with Crippen molar-refractivity contribution in [1.82, 2.24) is 14.8 Å². The number of carbonyl (C=O) groups excluding carboxylic acids is 2. The van der Waals surface area contributed by atoms with Crippen LogP contribution in [0, 0.1) is 5.92 Å². The van der Waals surface area contributed by atoms with Crippen molar-refractivity contribution in [3.05, 3.63) is 53.9 Å². The largest absolute Gasteiger partial charge is 0.491 e. The van der Waals surface area contributed by atoms with Crippen LogP contribution in [0.1, 0.15) is 36.7 Å². The summed E-state index contributed by atoms with van der Waals surface area (Å²) in [6.45, 7) is 8.10. The molecule has 2 aromatic rings. The van der Waals surface area contributed by atoms with E-state index in [1.807, 2.05) is 12.1 Å². The first-order chi connectivity index (χ1) is 15.8.